The van der Waals surface area contributed by atoms with Crippen LogP contribution in [0.3, 0.4) is 0 Å². The molecule has 8 heteroatoms. The van der Waals surface area contributed by atoms with Crippen LogP contribution in [0.5, 0.6) is 5.75 Å². The van der Waals surface area contributed by atoms with E-state index in [9.17, 15) is 9.90 Å². The van der Waals surface area contributed by atoms with Crippen molar-refractivity contribution in [1.29, 1.82) is 0 Å². The van der Waals surface area contributed by atoms with E-state index >= 15 is 0 Å². The molecular weight excluding hydrogens is 382 g/mol. The number of hydrogen-bond acceptors (Lipinski definition) is 6. The molecule has 0 radical (unpaired) electrons. The van der Waals surface area contributed by atoms with Crippen molar-refractivity contribution < 1.29 is 14.6 Å². The average Bonchev–Trinajstić information content (AvgIpc) is 3.54. The normalized spacial score (nSPS) is 14.4. The number of para-hydroxylation sites is 1. The number of benzene rings is 1. The number of rotatable bonds is 8. The number of methoxy groups -OCH3 is 1. The summed E-state index contributed by atoms with van der Waals surface area (Å²) < 4.78 is 7.11. The first-order chi connectivity index (χ1) is 14.6. The highest BCUT2D eigenvalue weighted by atomic mass is 16.5. The molecule has 2 aromatic heterocycles. The lowest BCUT2D eigenvalue weighted by Crippen LogP contribution is -2.32. The molecule has 0 unspecified atom stereocenters. The highest BCUT2D eigenvalue weighted by Gasteiger charge is 2.33. The molecule has 0 bridgehead atoms. The van der Waals surface area contributed by atoms with Crippen LogP contribution in [0.2, 0.25) is 0 Å². The van der Waals surface area contributed by atoms with Crippen molar-refractivity contribution in [2.45, 2.75) is 38.2 Å². The minimum atomic E-state index is -0.561. The number of nitrogens with zero attached hydrogens (tertiary/aromatic N) is 4. The first kappa shape index (κ1) is 20.0. The van der Waals surface area contributed by atoms with Gasteiger partial charge < -0.3 is 15.2 Å². The fourth-order valence-corrected chi connectivity index (χ4v) is 3.35. The summed E-state index contributed by atoms with van der Waals surface area (Å²) in [5.74, 6) is 1.15. The monoisotopic (exact) mass is 407 g/mol. The molecule has 0 saturated heterocycles. The number of hydrogen-bond donors (Lipinski definition) is 2. The summed E-state index contributed by atoms with van der Waals surface area (Å²) in [5, 5.41) is 17.0. The molecule has 1 aliphatic rings. The highest BCUT2D eigenvalue weighted by molar-refractivity contribution is 5.95. The maximum absolute atomic E-state index is 12.7. The summed E-state index contributed by atoms with van der Waals surface area (Å²) in [7, 11) is 1.63. The third-order valence-corrected chi connectivity index (χ3v) is 5.20. The van der Waals surface area contributed by atoms with E-state index < -0.39 is 6.10 Å². The molecule has 1 saturated carbocycles. The quantitative estimate of drug-likeness (QED) is 0.595. The molecule has 0 aliphatic heterocycles. The van der Waals surface area contributed by atoms with Crippen LogP contribution in [-0.4, -0.2) is 50.5 Å². The predicted molar refractivity (Wildman–Crippen MR) is 112 cm³/mol. The largest absolute Gasteiger partial charge is 0.496 e. The molecule has 30 heavy (non-hydrogen) atoms. The van der Waals surface area contributed by atoms with Gasteiger partial charge in [0.05, 0.1) is 36.4 Å². The topological polar surface area (TPSA) is 102 Å². The Morgan fingerprint density at radius 2 is 2.13 bits per heavy atom. The van der Waals surface area contributed by atoms with E-state index in [0.29, 0.717) is 23.6 Å². The third-order valence-electron chi connectivity index (χ3n) is 5.20. The Balaban J connectivity index is 1.68. The van der Waals surface area contributed by atoms with E-state index in [2.05, 4.69) is 15.4 Å². The zero-order valence-corrected chi connectivity index (χ0v) is 17.1. The van der Waals surface area contributed by atoms with E-state index in [-0.39, 0.29) is 18.4 Å². The van der Waals surface area contributed by atoms with Crippen molar-refractivity contribution in [3.63, 3.8) is 0 Å². The van der Waals surface area contributed by atoms with Gasteiger partial charge in [-0.25, -0.2) is 14.6 Å². The molecule has 1 aliphatic carbocycles. The van der Waals surface area contributed by atoms with Crippen molar-refractivity contribution in [2.24, 2.45) is 0 Å². The molecular formula is C22H25N5O3. The molecule has 2 heterocycles. The van der Waals surface area contributed by atoms with Gasteiger partial charge in [-0.15, -0.1) is 0 Å². The lowest BCUT2D eigenvalue weighted by molar-refractivity contribution is 0.0913. The first-order valence-corrected chi connectivity index (χ1v) is 10.1. The molecule has 1 aromatic carbocycles. The number of carbonyl (C=O) groups excluding carboxylic acids is 1. The Morgan fingerprint density at radius 1 is 1.33 bits per heavy atom. The number of aliphatic hydroxyl groups is 1. The number of amides is 1. The van der Waals surface area contributed by atoms with Crippen molar-refractivity contribution in [3.05, 3.63) is 54.0 Å². The standard InChI is InChI=1S/C22H25N5O3/c1-3-15(28)12-24-21(29)17-13-25-27(20(17)14-8-9-14)22-23-11-10-18(26-22)16-6-4-5-7-19(16)30-2/h4-7,10-11,13-15,28H,3,8-9,12H2,1-2H3,(H,24,29)/t15-/m0/s1. The average molecular weight is 407 g/mol. The van der Waals surface area contributed by atoms with Crippen LogP contribution in [0.1, 0.15) is 48.2 Å². The summed E-state index contributed by atoms with van der Waals surface area (Å²) in [6.07, 6.45) is 5.25. The third kappa shape index (κ3) is 4.04. The second kappa shape index (κ2) is 8.62. The minimum Gasteiger partial charge on any atom is -0.496 e. The second-order valence-electron chi connectivity index (χ2n) is 7.34. The fourth-order valence-electron chi connectivity index (χ4n) is 3.35. The Morgan fingerprint density at radius 3 is 2.87 bits per heavy atom. The summed E-state index contributed by atoms with van der Waals surface area (Å²) in [6, 6.07) is 9.48. The van der Waals surface area contributed by atoms with Gasteiger partial charge in [0.25, 0.3) is 11.9 Å². The van der Waals surface area contributed by atoms with E-state index in [1.165, 1.54) is 0 Å². The zero-order valence-electron chi connectivity index (χ0n) is 17.1. The van der Waals surface area contributed by atoms with Gasteiger partial charge in [-0.2, -0.15) is 5.10 Å². The van der Waals surface area contributed by atoms with Crippen LogP contribution < -0.4 is 10.1 Å². The lowest BCUT2D eigenvalue weighted by Gasteiger charge is -2.11. The van der Waals surface area contributed by atoms with E-state index in [1.54, 1.807) is 24.2 Å². The number of ether oxygens (including phenoxy) is 1. The predicted octanol–water partition coefficient (Wildman–Crippen LogP) is 2.72. The molecule has 4 rings (SSSR count). The Kier molecular flexibility index (Phi) is 5.76. The Labute approximate surface area is 174 Å². The van der Waals surface area contributed by atoms with Crippen LogP contribution in [-0.2, 0) is 0 Å². The first-order valence-electron chi connectivity index (χ1n) is 10.1. The summed E-state index contributed by atoms with van der Waals surface area (Å²) in [4.78, 5) is 21.8. The molecule has 0 spiro atoms. The number of carbonyl (C=O) groups is 1. The van der Waals surface area contributed by atoms with E-state index in [1.807, 2.05) is 37.3 Å². The van der Waals surface area contributed by atoms with Gasteiger partial charge in [0.1, 0.15) is 5.75 Å². The molecule has 156 valence electrons. The molecule has 1 atom stereocenters. The Hall–Kier alpha value is -3.26. The minimum absolute atomic E-state index is 0.213. The number of aliphatic hydroxyl groups excluding tert-OH is 1. The van der Waals surface area contributed by atoms with Gasteiger partial charge >= 0.3 is 0 Å². The lowest BCUT2D eigenvalue weighted by atomic mass is 10.1. The van der Waals surface area contributed by atoms with Gasteiger partial charge in [-0.3, -0.25) is 4.79 Å². The van der Waals surface area contributed by atoms with Crippen molar-refractivity contribution in [3.8, 4) is 23.0 Å². The van der Waals surface area contributed by atoms with Gasteiger partial charge in [-0.1, -0.05) is 19.1 Å². The van der Waals surface area contributed by atoms with Gasteiger partial charge in [0.15, 0.2) is 0 Å². The SMILES string of the molecule is CC[C@H](O)CNC(=O)c1cnn(-c2nccc(-c3ccccc3OC)n2)c1C1CC1. The summed E-state index contributed by atoms with van der Waals surface area (Å²) >= 11 is 0. The van der Waals surface area contributed by atoms with Crippen LogP contribution in [0.15, 0.2) is 42.7 Å². The maximum atomic E-state index is 12.7. The van der Waals surface area contributed by atoms with Crippen molar-refractivity contribution >= 4 is 5.91 Å². The van der Waals surface area contributed by atoms with Crippen LogP contribution >= 0.6 is 0 Å². The summed E-state index contributed by atoms with van der Waals surface area (Å²) in [6.45, 7) is 2.08. The Bertz CT molecular complexity index is 1040. The van der Waals surface area contributed by atoms with Gasteiger partial charge in [-0.05, 0) is 37.5 Å². The number of aromatic nitrogens is 4. The van der Waals surface area contributed by atoms with E-state index in [4.69, 9.17) is 9.72 Å². The van der Waals surface area contributed by atoms with Gasteiger partial charge in [0.2, 0.25) is 0 Å². The molecule has 8 nitrogen and oxygen atoms in total. The van der Waals surface area contributed by atoms with Crippen molar-refractivity contribution in [2.75, 3.05) is 13.7 Å². The van der Waals surface area contributed by atoms with Gasteiger partial charge in [0, 0.05) is 24.2 Å². The number of nitrogens with one attached hydrogen (secondary N) is 1. The summed E-state index contributed by atoms with van der Waals surface area (Å²) in [5.41, 5.74) is 2.89. The van der Waals surface area contributed by atoms with Crippen LogP contribution in [0.4, 0.5) is 0 Å². The highest BCUT2D eigenvalue weighted by Crippen LogP contribution is 2.42. The second-order valence-corrected chi connectivity index (χ2v) is 7.34. The maximum Gasteiger partial charge on any atom is 0.254 e. The fraction of sp³-hybridized carbons (Fsp3) is 0.364. The molecule has 2 N–H and O–H groups in total. The molecule has 1 fully saturated rings. The van der Waals surface area contributed by atoms with Crippen LogP contribution in [0, 0.1) is 0 Å². The van der Waals surface area contributed by atoms with E-state index in [0.717, 1.165) is 29.8 Å². The molecule has 1 amide bonds. The smallest absolute Gasteiger partial charge is 0.254 e. The zero-order chi connectivity index (χ0) is 21.1. The van der Waals surface area contributed by atoms with Crippen molar-refractivity contribution in [1.82, 2.24) is 25.1 Å². The molecule has 3 aromatic rings. The van der Waals surface area contributed by atoms with Crippen LogP contribution in [0.25, 0.3) is 17.2 Å².